The predicted octanol–water partition coefficient (Wildman–Crippen LogP) is 5.45. The maximum absolute atomic E-state index is 12.3. The summed E-state index contributed by atoms with van der Waals surface area (Å²) in [6.45, 7) is 2.61. The van der Waals surface area contributed by atoms with Crippen molar-refractivity contribution in [3.05, 3.63) is 95.9 Å². The first-order valence-electron chi connectivity index (χ1n) is 10.7. The molecule has 0 aliphatic rings. The second-order valence-corrected chi connectivity index (χ2v) is 7.41. The molecular weight excluding hydrogens is 402 g/mol. The van der Waals surface area contributed by atoms with Crippen LogP contribution < -0.4 is 10.1 Å². The van der Waals surface area contributed by atoms with Crippen LogP contribution >= 0.6 is 0 Å². The summed E-state index contributed by atoms with van der Waals surface area (Å²) in [6.07, 6.45) is 1.61. The van der Waals surface area contributed by atoms with E-state index in [9.17, 15) is 4.79 Å². The number of aromatic nitrogens is 2. The number of carbonyl (C=O) groups is 1. The Bertz CT molecular complexity index is 1140. The molecular formula is C26H25N3O3. The monoisotopic (exact) mass is 427 g/mol. The molecule has 6 nitrogen and oxygen atoms in total. The Morgan fingerprint density at radius 1 is 0.938 bits per heavy atom. The number of benzene rings is 3. The lowest BCUT2D eigenvalue weighted by molar-refractivity contribution is -0.116. The van der Waals surface area contributed by atoms with Gasteiger partial charge in [-0.1, -0.05) is 66.7 Å². The fourth-order valence-corrected chi connectivity index (χ4v) is 3.18. The van der Waals surface area contributed by atoms with Gasteiger partial charge in [0.2, 0.25) is 17.6 Å². The lowest BCUT2D eigenvalue weighted by atomic mass is 10.1. The second-order valence-electron chi connectivity index (χ2n) is 7.41. The molecule has 4 aromatic rings. The minimum atomic E-state index is -0.116. The van der Waals surface area contributed by atoms with E-state index in [-0.39, 0.29) is 12.3 Å². The molecule has 0 unspecified atom stereocenters. The molecule has 0 bridgehead atoms. The molecule has 0 saturated carbocycles. The SMILES string of the molecule is CCc1ccc(-c2noc(CCC(=O)Nc3ccc(OCc4ccccc4)cc3)n2)cc1. The van der Waals surface area contributed by atoms with Crippen LogP contribution in [0.1, 0.15) is 30.4 Å². The molecule has 0 aliphatic heterocycles. The molecule has 0 saturated heterocycles. The zero-order chi connectivity index (χ0) is 22.2. The predicted molar refractivity (Wildman–Crippen MR) is 123 cm³/mol. The van der Waals surface area contributed by atoms with E-state index in [1.165, 1.54) is 5.56 Å². The van der Waals surface area contributed by atoms with E-state index >= 15 is 0 Å². The van der Waals surface area contributed by atoms with Gasteiger partial charge in [0.25, 0.3) is 0 Å². The maximum atomic E-state index is 12.3. The van der Waals surface area contributed by atoms with E-state index in [0.717, 1.165) is 23.3 Å². The van der Waals surface area contributed by atoms with Crippen LogP contribution in [0.5, 0.6) is 5.75 Å². The number of nitrogens with zero attached hydrogens (tertiary/aromatic N) is 2. The zero-order valence-electron chi connectivity index (χ0n) is 18.0. The first-order valence-corrected chi connectivity index (χ1v) is 10.7. The fourth-order valence-electron chi connectivity index (χ4n) is 3.18. The average molecular weight is 428 g/mol. The van der Waals surface area contributed by atoms with Gasteiger partial charge in [0.1, 0.15) is 12.4 Å². The molecule has 162 valence electrons. The molecule has 0 spiro atoms. The minimum absolute atomic E-state index is 0.116. The van der Waals surface area contributed by atoms with Crippen LogP contribution in [0.15, 0.2) is 83.4 Å². The van der Waals surface area contributed by atoms with E-state index < -0.39 is 0 Å². The minimum Gasteiger partial charge on any atom is -0.489 e. The third kappa shape index (κ3) is 5.82. The van der Waals surface area contributed by atoms with Gasteiger partial charge in [-0.05, 0) is 41.8 Å². The molecule has 6 heteroatoms. The van der Waals surface area contributed by atoms with Gasteiger partial charge in [-0.2, -0.15) is 4.98 Å². The highest BCUT2D eigenvalue weighted by Crippen LogP contribution is 2.19. The Morgan fingerprint density at radius 2 is 1.69 bits per heavy atom. The van der Waals surface area contributed by atoms with Gasteiger partial charge in [-0.25, -0.2) is 0 Å². The van der Waals surface area contributed by atoms with Gasteiger partial charge in [0, 0.05) is 24.1 Å². The van der Waals surface area contributed by atoms with Crippen LogP contribution in [0, 0.1) is 0 Å². The van der Waals surface area contributed by atoms with E-state index in [1.807, 2.05) is 66.7 Å². The van der Waals surface area contributed by atoms with Crippen LogP contribution in [0.25, 0.3) is 11.4 Å². The first kappa shape index (κ1) is 21.3. The summed E-state index contributed by atoms with van der Waals surface area (Å²) in [5.41, 5.74) is 3.97. The van der Waals surface area contributed by atoms with E-state index in [4.69, 9.17) is 9.26 Å². The smallest absolute Gasteiger partial charge is 0.227 e. The molecule has 32 heavy (non-hydrogen) atoms. The number of rotatable bonds is 9. The molecule has 1 N–H and O–H groups in total. The molecule has 0 aliphatic carbocycles. The summed E-state index contributed by atoms with van der Waals surface area (Å²) in [7, 11) is 0. The number of hydrogen-bond donors (Lipinski definition) is 1. The Balaban J connectivity index is 1.24. The number of ether oxygens (including phenoxy) is 1. The fraction of sp³-hybridized carbons (Fsp3) is 0.192. The number of hydrogen-bond acceptors (Lipinski definition) is 5. The van der Waals surface area contributed by atoms with Gasteiger partial charge in [-0.15, -0.1) is 0 Å². The van der Waals surface area contributed by atoms with Gasteiger partial charge in [0.15, 0.2) is 0 Å². The summed E-state index contributed by atoms with van der Waals surface area (Å²) in [6, 6.07) is 25.4. The van der Waals surface area contributed by atoms with Crippen LogP contribution in [-0.2, 0) is 24.2 Å². The van der Waals surface area contributed by atoms with Crippen LogP contribution in [0.3, 0.4) is 0 Å². The Labute approximate surface area is 187 Å². The number of aryl methyl sites for hydroxylation is 2. The summed E-state index contributed by atoms with van der Waals surface area (Å²) in [4.78, 5) is 16.7. The summed E-state index contributed by atoms with van der Waals surface area (Å²) in [5.74, 6) is 1.61. The highest BCUT2D eigenvalue weighted by atomic mass is 16.5. The quantitative estimate of drug-likeness (QED) is 0.384. The number of anilines is 1. The molecule has 0 fully saturated rings. The summed E-state index contributed by atoms with van der Waals surface area (Å²) < 4.78 is 11.1. The maximum Gasteiger partial charge on any atom is 0.227 e. The topological polar surface area (TPSA) is 77.2 Å². The van der Waals surface area contributed by atoms with Crippen LogP contribution in [0.4, 0.5) is 5.69 Å². The van der Waals surface area contributed by atoms with Crippen molar-refractivity contribution in [3.63, 3.8) is 0 Å². The standard InChI is InChI=1S/C26H25N3O3/c1-2-19-8-10-21(11-9-19)26-28-25(32-29-26)17-16-24(30)27-22-12-14-23(15-13-22)31-18-20-6-4-3-5-7-20/h3-15H,2,16-18H2,1H3,(H,27,30). The molecule has 0 atom stereocenters. The molecule has 3 aromatic carbocycles. The van der Waals surface area contributed by atoms with Gasteiger partial charge < -0.3 is 14.6 Å². The van der Waals surface area contributed by atoms with Crippen molar-refractivity contribution in [2.24, 2.45) is 0 Å². The van der Waals surface area contributed by atoms with Gasteiger partial charge >= 0.3 is 0 Å². The highest BCUT2D eigenvalue weighted by molar-refractivity contribution is 5.90. The van der Waals surface area contributed by atoms with Crippen LogP contribution in [0.2, 0.25) is 0 Å². The Morgan fingerprint density at radius 3 is 2.41 bits per heavy atom. The van der Waals surface area contributed by atoms with Gasteiger partial charge in [0.05, 0.1) is 0 Å². The van der Waals surface area contributed by atoms with E-state index in [0.29, 0.717) is 30.4 Å². The largest absolute Gasteiger partial charge is 0.489 e. The normalized spacial score (nSPS) is 10.7. The number of amides is 1. The zero-order valence-corrected chi connectivity index (χ0v) is 18.0. The van der Waals surface area contributed by atoms with Crippen molar-refractivity contribution in [1.82, 2.24) is 10.1 Å². The first-order chi connectivity index (χ1) is 15.7. The average Bonchev–Trinajstić information content (AvgIpc) is 3.32. The summed E-state index contributed by atoms with van der Waals surface area (Å²) in [5, 5.41) is 6.90. The molecule has 1 aromatic heterocycles. The Hall–Kier alpha value is -3.93. The lowest BCUT2D eigenvalue weighted by Crippen LogP contribution is -2.12. The van der Waals surface area contributed by atoms with E-state index in [1.54, 1.807) is 0 Å². The number of carbonyl (C=O) groups excluding carboxylic acids is 1. The lowest BCUT2D eigenvalue weighted by Gasteiger charge is -2.08. The van der Waals surface area contributed by atoms with Crippen molar-refractivity contribution in [3.8, 4) is 17.1 Å². The van der Waals surface area contributed by atoms with E-state index in [2.05, 4.69) is 34.5 Å². The van der Waals surface area contributed by atoms with Crippen molar-refractivity contribution >= 4 is 11.6 Å². The van der Waals surface area contributed by atoms with Crippen molar-refractivity contribution in [2.75, 3.05) is 5.32 Å². The molecule has 1 amide bonds. The third-order valence-corrected chi connectivity index (χ3v) is 5.04. The second kappa shape index (κ2) is 10.4. The summed E-state index contributed by atoms with van der Waals surface area (Å²) >= 11 is 0. The highest BCUT2D eigenvalue weighted by Gasteiger charge is 2.11. The van der Waals surface area contributed by atoms with Crippen molar-refractivity contribution < 1.29 is 14.1 Å². The number of nitrogens with one attached hydrogen (secondary N) is 1. The Kier molecular flexibility index (Phi) is 6.92. The van der Waals surface area contributed by atoms with Crippen LogP contribution in [-0.4, -0.2) is 16.0 Å². The van der Waals surface area contributed by atoms with Crippen molar-refractivity contribution in [1.29, 1.82) is 0 Å². The van der Waals surface area contributed by atoms with Gasteiger partial charge in [-0.3, -0.25) is 4.79 Å². The molecule has 4 rings (SSSR count). The third-order valence-electron chi connectivity index (χ3n) is 5.04. The van der Waals surface area contributed by atoms with Crippen molar-refractivity contribution in [2.45, 2.75) is 32.8 Å². The molecule has 0 radical (unpaired) electrons. The molecule has 1 heterocycles.